The second-order valence-corrected chi connectivity index (χ2v) is 6.10. The number of aromatic nitrogens is 5. The fourth-order valence-corrected chi connectivity index (χ4v) is 2.92. The van der Waals surface area contributed by atoms with Gasteiger partial charge < -0.3 is 15.1 Å². The summed E-state index contributed by atoms with van der Waals surface area (Å²) >= 11 is 0. The fraction of sp³-hybridized carbons (Fsp3) is 0.278. The van der Waals surface area contributed by atoms with Crippen LogP contribution in [0.4, 0.5) is 23.4 Å². The number of para-hydroxylation sites is 1. The molecule has 0 atom stereocenters. The van der Waals surface area contributed by atoms with E-state index in [4.69, 9.17) is 0 Å². The van der Waals surface area contributed by atoms with E-state index in [9.17, 15) is 0 Å². The molecule has 26 heavy (non-hydrogen) atoms. The lowest BCUT2D eigenvalue weighted by Gasteiger charge is -2.35. The van der Waals surface area contributed by atoms with E-state index in [2.05, 4.69) is 40.3 Å². The molecule has 8 nitrogen and oxygen atoms in total. The van der Waals surface area contributed by atoms with Gasteiger partial charge in [0, 0.05) is 44.3 Å². The molecular formula is C18H20N8. The second kappa shape index (κ2) is 7.30. The molecule has 0 unspecified atom stereocenters. The van der Waals surface area contributed by atoms with Gasteiger partial charge in [-0.15, -0.1) is 5.10 Å². The van der Waals surface area contributed by atoms with Crippen LogP contribution in [0.1, 0.15) is 5.56 Å². The zero-order valence-corrected chi connectivity index (χ0v) is 14.6. The van der Waals surface area contributed by atoms with Crippen molar-refractivity contribution in [1.82, 2.24) is 25.1 Å². The number of hydrogen-bond acceptors (Lipinski definition) is 8. The van der Waals surface area contributed by atoms with Crippen molar-refractivity contribution in [1.29, 1.82) is 0 Å². The first-order valence-electron chi connectivity index (χ1n) is 8.59. The highest BCUT2D eigenvalue weighted by molar-refractivity contribution is 5.58. The maximum atomic E-state index is 4.62. The van der Waals surface area contributed by atoms with Gasteiger partial charge in [0.1, 0.15) is 0 Å². The molecule has 1 fully saturated rings. The Balaban J connectivity index is 1.44. The van der Waals surface area contributed by atoms with E-state index in [-0.39, 0.29) is 0 Å². The molecule has 1 aromatic carbocycles. The van der Waals surface area contributed by atoms with Gasteiger partial charge in [-0.25, -0.2) is 9.97 Å². The van der Waals surface area contributed by atoms with Crippen molar-refractivity contribution in [2.24, 2.45) is 0 Å². The Bertz CT molecular complexity index is 862. The minimum atomic E-state index is 0.505. The molecule has 0 aliphatic carbocycles. The molecular weight excluding hydrogens is 328 g/mol. The minimum absolute atomic E-state index is 0.505. The van der Waals surface area contributed by atoms with Crippen molar-refractivity contribution >= 4 is 23.4 Å². The summed E-state index contributed by atoms with van der Waals surface area (Å²) in [5.74, 6) is 2.10. The Morgan fingerprint density at radius 2 is 1.65 bits per heavy atom. The van der Waals surface area contributed by atoms with Crippen LogP contribution in [0.2, 0.25) is 0 Å². The highest BCUT2D eigenvalue weighted by atomic mass is 15.4. The molecule has 8 heteroatoms. The van der Waals surface area contributed by atoms with Gasteiger partial charge in [0.2, 0.25) is 11.9 Å². The molecule has 0 spiro atoms. The molecule has 2 aromatic heterocycles. The molecule has 0 saturated carbocycles. The summed E-state index contributed by atoms with van der Waals surface area (Å²) in [6.07, 6.45) is 5.25. The summed E-state index contributed by atoms with van der Waals surface area (Å²) in [5, 5.41) is 11.5. The quantitative estimate of drug-likeness (QED) is 0.767. The first-order chi connectivity index (χ1) is 12.8. The Morgan fingerprint density at radius 1 is 0.923 bits per heavy atom. The van der Waals surface area contributed by atoms with E-state index in [1.165, 1.54) is 0 Å². The normalized spacial score (nSPS) is 14.3. The SMILES string of the molecule is Cc1ccccc1Nc1nncc(N2CCN(c3ncccn3)CC2)n1. The van der Waals surface area contributed by atoms with Gasteiger partial charge in [-0.1, -0.05) is 18.2 Å². The van der Waals surface area contributed by atoms with Crippen molar-refractivity contribution in [2.45, 2.75) is 6.92 Å². The van der Waals surface area contributed by atoms with Crippen LogP contribution in [0.25, 0.3) is 0 Å². The zero-order chi connectivity index (χ0) is 17.8. The largest absolute Gasteiger partial charge is 0.352 e. The van der Waals surface area contributed by atoms with E-state index in [0.29, 0.717) is 5.95 Å². The summed E-state index contributed by atoms with van der Waals surface area (Å²) in [5.41, 5.74) is 2.12. The second-order valence-electron chi connectivity index (χ2n) is 6.10. The van der Waals surface area contributed by atoms with Crippen LogP contribution in [0.15, 0.2) is 48.9 Å². The molecule has 0 radical (unpaired) electrons. The van der Waals surface area contributed by atoms with Crippen molar-refractivity contribution < 1.29 is 0 Å². The van der Waals surface area contributed by atoms with E-state index in [1.807, 2.05) is 37.3 Å². The third-order valence-electron chi connectivity index (χ3n) is 4.38. The predicted octanol–water partition coefficient (Wildman–Crippen LogP) is 2.04. The first-order valence-corrected chi connectivity index (χ1v) is 8.59. The number of nitrogens with zero attached hydrogens (tertiary/aromatic N) is 7. The molecule has 1 saturated heterocycles. The molecule has 3 heterocycles. The van der Waals surface area contributed by atoms with Gasteiger partial charge in [0.15, 0.2) is 5.82 Å². The summed E-state index contributed by atoms with van der Waals surface area (Å²) in [7, 11) is 0. The minimum Gasteiger partial charge on any atom is -0.352 e. The standard InChI is InChI=1S/C18H20N8/c1-14-5-2-3-6-15(14)22-17-23-16(13-21-24-17)25-9-11-26(12-10-25)18-19-7-4-8-20-18/h2-8,13H,9-12H2,1H3,(H,22,23,24). The Hall–Kier alpha value is -3.29. The third kappa shape index (κ3) is 3.53. The topological polar surface area (TPSA) is 83.0 Å². The lowest BCUT2D eigenvalue weighted by molar-refractivity contribution is 0.632. The van der Waals surface area contributed by atoms with Crippen molar-refractivity contribution in [3.63, 3.8) is 0 Å². The Kier molecular flexibility index (Phi) is 4.55. The van der Waals surface area contributed by atoms with Crippen LogP contribution in [-0.4, -0.2) is 51.3 Å². The van der Waals surface area contributed by atoms with Crippen LogP contribution in [0.3, 0.4) is 0 Å². The Morgan fingerprint density at radius 3 is 2.42 bits per heavy atom. The molecule has 0 bridgehead atoms. The summed E-state index contributed by atoms with van der Waals surface area (Å²) in [6, 6.07) is 9.87. The number of rotatable bonds is 4. The van der Waals surface area contributed by atoms with Crippen LogP contribution in [0.5, 0.6) is 0 Å². The average molecular weight is 348 g/mol. The van der Waals surface area contributed by atoms with Crippen molar-refractivity contribution in [2.75, 3.05) is 41.3 Å². The van der Waals surface area contributed by atoms with Gasteiger partial charge in [0.25, 0.3) is 0 Å². The van der Waals surface area contributed by atoms with Crippen molar-refractivity contribution in [3.8, 4) is 0 Å². The van der Waals surface area contributed by atoms with Crippen LogP contribution < -0.4 is 15.1 Å². The van der Waals surface area contributed by atoms with Crippen LogP contribution >= 0.6 is 0 Å². The Labute approximate surface area is 152 Å². The number of aryl methyl sites for hydroxylation is 1. The number of piperazine rings is 1. The molecule has 4 rings (SSSR count). The monoisotopic (exact) mass is 348 g/mol. The summed E-state index contributed by atoms with van der Waals surface area (Å²) < 4.78 is 0. The van der Waals surface area contributed by atoms with Gasteiger partial charge in [0.05, 0.1) is 6.20 Å². The molecule has 1 N–H and O–H groups in total. The smallest absolute Gasteiger partial charge is 0.249 e. The lowest BCUT2D eigenvalue weighted by Crippen LogP contribution is -2.47. The van der Waals surface area contributed by atoms with E-state index < -0.39 is 0 Å². The third-order valence-corrected chi connectivity index (χ3v) is 4.38. The summed E-state index contributed by atoms with van der Waals surface area (Å²) in [6.45, 7) is 5.40. The average Bonchev–Trinajstić information content (AvgIpc) is 2.71. The number of anilines is 4. The van der Waals surface area contributed by atoms with Gasteiger partial charge >= 0.3 is 0 Å². The molecule has 0 amide bonds. The molecule has 1 aliphatic rings. The molecule has 1 aliphatic heterocycles. The number of benzene rings is 1. The molecule has 3 aromatic rings. The van der Waals surface area contributed by atoms with Gasteiger partial charge in [-0.05, 0) is 24.6 Å². The van der Waals surface area contributed by atoms with E-state index in [0.717, 1.165) is 49.2 Å². The molecule has 132 valence electrons. The predicted molar refractivity (Wildman–Crippen MR) is 101 cm³/mol. The van der Waals surface area contributed by atoms with Crippen LogP contribution in [-0.2, 0) is 0 Å². The lowest BCUT2D eigenvalue weighted by atomic mass is 10.2. The van der Waals surface area contributed by atoms with Crippen LogP contribution in [0, 0.1) is 6.92 Å². The van der Waals surface area contributed by atoms with Gasteiger partial charge in [-0.2, -0.15) is 10.1 Å². The highest BCUT2D eigenvalue weighted by Crippen LogP contribution is 2.20. The fourth-order valence-electron chi connectivity index (χ4n) is 2.92. The van der Waals surface area contributed by atoms with E-state index >= 15 is 0 Å². The van der Waals surface area contributed by atoms with Gasteiger partial charge in [-0.3, -0.25) is 0 Å². The zero-order valence-electron chi connectivity index (χ0n) is 14.6. The maximum absolute atomic E-state index is 4.62. The number of nitrogens with one attached hydrogen (secondary N) is 1. The summed E-state index contributed by atoms with van der Waals surface area (Å²) in [4.78, 5) is 17.6. The highest BCUT2D eigenvalue weighted by Gasteiger charge is 2.20. The first kappa shape index (κ1) is 16.2. The maximum Gasteiger partial charge on any atom is 0.249 e. The van der Waals surface area contributed by atoms with E-state index in [1.54, 1.807) is 18.6 Å². The number of hydrogen-bond donors (Lipinski definition) is 1. The van der Waals surface area contributed by atoms with Crippen molar-refractivity contribution in [3.05, 3.63) is 54.5 Å².